The second-order valence-electron chi connectivity index (χ2n) is 10.2. The summed E-state index contributed by atoms with van der Waals surface area (Å²) in [5.41, 5.74) is 1.32. The topological polar surface area (TPSA) is 71.0 Å². The van der Waals surface area contributed by atoms with E-state index in [9.17, 15) is 10.2 Å². The number of aliphatic hydroxyl groups is 2. The number of nitrogens with one attached hydrogen (secondary N) is 1. The lowest BCUT2D eigenvalue weighted by Crippen LogP contribution is -2.58. The van der Waals surface area contributed by atoms with E-state index < -0.39 is 17.3 Å². The zero-order valence-electron chi connectivity index (χ0n) is 20.4. The van der Waals surface area contributed by atoms with Crippen molar-refractivity contribution in [2.24, 2.45) is 0 Å². The van der Waals surface area contributed by atoms with Crippen molar-refractivity contribution in [3.8, 4) is 11.5 Å². The minimum atomic E-state index is -1.01. The minimum Gasteiger partial charge on any atom is -0.489 e. The Labute approximate surface area is 202 Å². The van der Waals surface area contributed by atoms with Crippen LogP contribution < -0.4 is 14.8 Å². The van der Waals surface area contributed by atoms with E-state index in [-0.39, 0.29) is 12.1 Å². The number of hydrogen-bond acceptors (Lipinski definition) is 5. The Hall–Kier alpha value is -2.86. The molecule has 1 aliphatic heterocycles. The van der Waals surface area contributed by atoms with E-state index in [1.165, 1.54) is 0 Å². The molecule has 3 N–H and O–H groups in total. The van der Waals surface area contributed by atoms with Crippen LogP contribution in [0.1, 0.15) is 50.4 Å². The van der Waals surface area contributed by atoms with Crippen molar-refractivity contribution < 1.29 is 19.7 Å². The Morgan fingerprint density at radius 3 is 2.26 bits per heavy atom. The number of benzene rings is 3. The van der Waals surface area contributed by atoms with Crippen molar-refractivity contribution in [2.75, 3.05) is 0 Å². The Balaban J connectivity index is 1.49. The molecule has 5 nitrogen and oxygen atoms in total. The van der Waals surface area contributed by atoms with Gasteiger partial charge in [-0.15, -0.1) is 0 Å². The summed E-state index contributed by atoms with van der Waals surface area (Å²) in [6, 6.07) is 25.1. The molecule has 4 rings (SSSR count). The highest BCUT2D eigenvalue weighted by Gasteiger charge is 2.44. The first-order valence-corrected chi connectivity index (χ1v) is 11.8. The smallest absolute Gasteiger partial charge is 0.131 e. The molecule has 0 bridgehead atoms. The molecule has 0 amide bonds. The van der Waals surface area contributed by atoms with Crippen LogP contribution in [0, 0.1) is 0 Å². The van der Waals surface area contributed by atoms with Crippen LogP contribution in [0.4, 0.5) is 0 Å². The van der Waals surface area contributed by atoms with Crippen LogP contribution in [0.3, 0.4) is 0 Å². The molecule has 1 heterocycles. The van der Waals surface area contributed by atoms with E-state index in [0.29, 0.717) is 13.0 Å². The van der Waals surface area contributed by atoms with Gasteiger partial charge in [0.15, 0.2) is 0 Å². The number of aliphatic hydroxyl groups excluding tert-OH is 1. The molecule has 0 spiro atoms. The standard InChI is InChI=1S/C29H35NO4/c1-28(2,32)25(30-26-23-12-8-9-13-24(23)34-29(3,4)27(26)31)18-20-14-16-22(17-15-20)33-19-21-10-6-5-7-11-21/h5-17,25-27,30-32H,18-19H2,1-4H3. The fourth-order valence-electron chi connectivity index (χ4n) is 4.35. The van der Waals surface area contributed by atoms with Crippen LogP contribution in [0.2, 0.25) is 0 Å². The van der Waals surface area contributed by atoms with Crippen LogP contribution in [0.5, 0.6) is 11.5 Å². The third kappa shape index (κ3) is 5.61. The maximum Gasteiger partial charge on any atom is 0.131 e. The van der Waals surface area contributed by atoms with Gasteiger partial charge >= 0.3 is 0 Å². The van der Waals surface area contributed by atoms with E-state index in [1.807, 2.05) is 92.7 Å². The molecule has 1 aliphatic rings. The van der Waals surface area contributed by atoms with Crippen molar-refractivity contribution in [3.63, 3.8) is 0 Å². The normalized spacial score (nSPS) is 20.2. The minimum absolute atomic E-state index is 0.301. The summed E-state index contributed by atoms with van der Waals surface area (Å²) in [5.74, 6) is 1.56. The first-order valence-electron chi connectivity index (χ1n) is 11.8. The SMILES string of the molecule is CC(C)(O)C(Cc1ccc(OCc2ccccc2)cc1)NC1c2ccccc2OC(C)(C)C1O. The maximum atomic E-state index is 11.1. The highest BCUT2D eigenvalue weighted by molar-refractivity contribution is 5.40. The van der Waals surface area contributed by atoms with Gasteiger partial charge < -0.3 is 25.0 Å². The Morgan fingerprint density at radius 1 is 0.941 bits per heavy atom. The number of fused-ring (bicyclic) bond motifs is 1. The predicted molar refractivity (Wildman–Crippen MR) is 134 cm³/mol. The summed E-state index contributed by atoms with van der Waals surface area (Å²) in [7, 11) is 0. The van der Waals surface area contributed by atoms with Gasteiger partial charge in [0.05, 0.1) is 11.6 Å². The second-order valence-corrected chi connectivity index (χ2v) is 10.2. The maximum absolute atomic E-state index is 11.1. The van der Waals surface area contributed by atoms with Crippen LogP contribution in [0.25, 0.3) is 0 Å². The van der Waals surface area contributed by atoms with E-state index in [2.05, 4.69) is 5.32 Å². The van der Waals surface area contributed by atoms with Gasteiger partial charge in [-0.3, -0.25) is 0 Å². The Morgan fingerprint density at radius 2 is 1.59 bits per heavy atom. The van der Waals surface area contributed by atoms with Gasteiger partial charge in [0, 0.05) is 11.6 Å². The molecule has 3 aromatic carbocycles. The van der Waals surface area contributed by atoms with Crippen LogP contribution in [-0.2, 0) is 13.0 Å². The van der Waals surface area contributed by atoms with Gasteiger partial charge in [0.1, 0.15) is 29.8 Å². The van der Waals surface area contributed by atoms with E-state index in [0.717, 1.165) is 28.2 Å². The lowest BCUT2D eigenvalue weighted by atomic mass is 9.84. The van der Waals surface area contributed by atoms with Gasteiger partial charge in [-0.2, -0.15) is 0 Å². The number of ether oxygens (including phenoxy) is 2. The van der Waals surface area contributed by atoms with E-state index >= 15 is 0 Å². The molecule has 5 heteroatoms. The third-order valence-electron chi connectivity index (χ3n) is 6.50. The first kappa shape index (κ1) is 24.3. The van der Waals surface area contributed by atoms with Crippen molar-refractivity contribution in [3.05, 3.63) is 95.6 Å². The third-order valence-corrected chi connectivity index (χ3v) is 6.50. The number of hydrogen-bond donors (Lipinski definition) is 3. The van der Waals surface area contributed by atoms with Crippen LogP contribution in [0.15, 0.2) is 78.9 Å². The largest absolute Gasteiger partial charge is 0.489 e. The summed E-state index contributed by atoms with van der Waals surface area (Å²) >= 11 is 0. The van der Waals surface area contributed by atoms with Crippen molar-refractivity contribution in [1.82, 2.24) is 5.32 Å². The summed E-state index contributed by atoms with van der Waals surface area (Å²) in [6.07, 6.45) is -0.184. The molecular formula is C29H35NO4. The summed E-state index contributed by atoms with van der Waals surface area (Å²) in [4.78, 5) is 0. The summed E-state index contributed by atoms with van der Waals surface area (Å²) in [6.45, 7) is 7.88. The molecule has 0 aliphatic carbocycles. The fraction of sp³-hybridized carbons (Fsp3) is 0.379. The number of rotatable bonds is 8. The Kier molecular flexibility index (Phi) is 6.99. The van der Waals surface area contributed by atoms with Crippen LogP contribution in [-0.4, -0.2) is 33.6 Å². The molecule has 0 fully saturated rings. The number of para-hydroxylation sites is 1. The highest BCUT2D eigenvalue weighted by atomic mass is 16.5. The first-order chi connectivity index (χ1) is 16.1. The van der Waals surface area contributed by atoms with Crippen molar-refractivity contribution in [1.29, 1.82) is 0 Å². The second kappa shape index (κ2) is 9.79. The molecule has 34 heavy (non-hydrogen) atoms. The summed E-state index contributed by atoms with van der Waals surface area (Å²) in [5, 5.41) is 25.7. The van der Waals surface area contributed by atoms with Gasteiger partial charge in [-0.1, -0.05) is 60.7 Å². The lowest BCUT2D eigenvalue weighted by molar-refractivity contribution is -0.0737. The average Bonchev–Trinajstić information content (AvgIpc) is 2.80. The van der Waals surface area contributed by atoms with Gasteiger partial charge in [0.25, 0.3) is 0 Å². The molecule has 0 saturated carbocycles. The molecule has 3 aromatic rings. The average molecular weight is 462 g/mol. The molecule has 0 aromatic heterocycles. The Bertz CT molecular complexity index is 1070. The van der Waals surface area contributed by atoms with E-state index in [1.54, 1.807) is 13.8 Å². The summed E-state index contributed by atoms with van der Waals surface area (Å²) < 4.78 is 12.0. The van der Waals surface area contributed by atoms with Gasteiger partial charge in [0.2, 0.25) is 0 Å². The van der Waals surface area contributed by atoms with Crippen LogP contribution >= 0.6 is 0 Å². The van der Waals surface area contributed by atoms with Crippen molar-refractivity contribution >= 4 is 0 Å². The zero-order valence-corrected chi connectivity index (χ0v) is 20.4. The fourth-order valence-corrected chi connectivity index (χ4v) is 4.35. The predicted octanol–water partition coefficient (Wildman–Crippen LogP) is 4.81. The quantitative estimate of drug-likeness (QED) is 0.449. The molecule has 0 saturated heterocycles. The zero-order chi connectivity index (χ0) is 24.3. The van der Waals surface area contributed by atoms with Gasteiger partial charge in [-0.05, 0) is 63.4 Å². The molecule has 3 atom stereocenters. The molecule has 3 unspecified atom stereocenters. The molecular weight excluding hydrogens is 426 g/mol. The lowest BCUT2D eigenvalue weighted by Gasteiger charge is -2.45. The molecule has 0 radical (unpaired) electrons. The molecule has 180 valence electrons. The van der Waals surface area contributed by atoms with Gasteiger partial charge in [-0.25, -0.2) is 0 Å². The monoisotopic (exact) mass is 461 g/mol. The highest BCUT2D eigenvalue weighted by Crippen LogP contribution is 2.40. The van der Waals surface area contributed by atoms with Crippen molar-refractivity contribution in [2.45, 2.75) is 70.1 Å². The van der Waals surface area contributed by atoms with E-state index in [4.69, 9.17) is 9.47 Å².